The first-order valence-electron chi connectivity index (χ1n) is 6.24. The highest BCUT2D eigenvalue weighted by Crippen LogP contribution is 2.21. The zero-order valence-corrected chi connectivity index (χ0v) is 11.4. The van der Waals surface area contributed by atoms with Crippen LogP contribution in [0.2, 0.25) is 0 Å². The van der Waals surface area contributed by atoms with E-state index in [1.54, 1.807) is 0 Å². The Morgan fingerprint density at radius 3 is 2.71 bits per heavy atom. The van der Waals surface area contributed by atoms with E-state index < -0.39 is 10.9 Å². The third-order valence-corrected chi connectivity index (χ3v) is 2.92. The van der Waals surface area contributed by atoms with Crippen molar-refractivity contribution in [3.8, 4) is 0 Å². The summed E-state index contributed by atoms with van der Waals surface area (Å²) in [6, 6.07) is 11.2. The highest BCUT2D eigenvalue weighted by Gasteiger charge is 2.16. The van der Waals surface area contributed by atoms with Gasteiger partial charge in [0.2, 0.25) is 0 Å². The number of nitrogens with two attached hydrogens (primary N) is 1. The number of nitrogens with zero attached hydrogens (tertiary/aromatic N) is 1. The van der Waals surface area contributed by atoms with E-state index in [4.69, 9.17) is 10.5 Å². The van der Waals surface area contributed by atoms with Gasteiger partial charge < -0.3 is 10.5 Å². The lowest BCUT2D eigenvalue weighted by Gasteiger charge is -2.07. The Morgan fingerprint density at radius 1 is 1.29 bits per heavy atom. The second-order valence-corrected chi connectivity index (χ2v) is 4.59. The summed E-state index contributed by atoms with van der Waals surface area (Å²) >= 11 is 0. The van der Waals surface area contributed by atoms with Crippen molar-refractivity contribution in [2.75, 3.05) is 5.73 Å². The lowest BCUT2D eigenvalue weighted by molar-refractivity contribution is -0.384. The van der Waals surface area contributed by atoms with E-state index in [1.165, 1.54) is 12.1 Å². The second-order valence-electron chi connectivity index (χ2n) is 4.59. The number of nitro groups is 1. The van der Waals surface area contributed by atoms with E-state index in [2.05, 4.69) is 0 Å². The van der Waals surface area contributed by atoms with Crippen molar-refractivity contribution in [1.82, 2.24) is 0 Å². The average Bonchev–Trinajstić information content (AvgIpc) is 2.45. The monoisotopic (exact) mass is 286 g/mol. The number of benzene rings is 2. The standard InChI is InChI=1S/C15H14N2O4/c1-10-3-2-4-11(7-10)9-21-15(18)13-8-12(17(19)20)5-6-14(13)16/h2-8H,9,16H2,1H3. The maximum atomic E-state index is 12.0. The molecule has 0 heterocycles. The van der Waals surface area contributed by atoms with Crippen molar-refractivity contribution in [3.63, 3.8) is 0 Å². The fraction of sp³-hybridized carbons (Fsp3) is 0.133. The van der Waals surface area contributed by atoms with Crippen LogP contribution in [0.15, 0.2) is 42.5 Å². The van der Waals surface area contributed by atoms with Gasteiger partial charge in [0.25, 0.3) is 5.69 Å². The molecule has 0 aliphatic rings. The van der Waals surface area contributed by atoms with Crippen molar-refractivity contribution in [3.05, 3.63) is 69.3 Å². The molecule has 2 aromatic carbocycles. The largest absolute Gasteiger partial charge is 0.457 e. The molecule has 0 radical (unpaired) electrons. The normalized spacial score (nSPS) is 10.1. The van der Waals surface area contributed by atoms with E-state index in [1.807, 2.05) is 31.2 Å². The summed E-state index contributed by atoms with van der Waals surface area (Å²) in [5, 5.41) is 10.7. The number of carbonyl (C=O) groups excluding carboxylic acids is 1. The van der Waals surface area contributed by atoms with Gasteiger partial charge in [-0.25, -0.2) is 4.79 Å². The zero-order valence-electron chi connectivity index (χ0n) is 11.4. The average molecular weight is 286 g/mol. The Kier molecular flexibility index (Phi) is 4.18. The van der Waals surface area contributed by atoms with Crippen LogP contribution in [-0.4, -0.2) is 10.9 Å². The van der Waals surface area contributed by atoms with Gasteiger partial charge in [0.05, 0.1) is 10.5 Å². The summed E-state index contributed by atoms with van der Waals surface area (Å²) in [5.74, 6) is -0.683. The molecular weight excluding hydrogens is 272 g/mol. The molecule has 0 spiro atoms. The summed E-state index contributed by atoms with van der Waals surface area (Å²) in [5.41, 5.74) is 7.50. The van der Waals surface area contributed by atoms with Crippen LogP contribution in [0.5, 0.6) is 0 Å². The van der Waals surface area contributed by atoms with Crippen molar-refractivity contribution in [2.45, 2.75) is 13.5 Å². The number of nitro benzene ring substituents is 1. The number of esters is 1. The maximum Gasteiger partial charge on any atom is 0.340 e. The first kappa shape index (κ1) is 14.5. The molecule has 0 aromatic heterocycles. The van der Waals surface area contributed by atoms with Crippen molar-refractivity contribution in [1.29, 1.82) is 0 Å². The number of nitrogen functional groups attached to an aromatic ring is 1. The fourth-order valence-electron chi connectivity index (χ4n) is 1.86. The van der Waals surface area contributed by atoms with E-state index in [-0.39, 0.29) is 23.5 Å². The van der Waals surface area contributed by atoms with Crippen LogP contribution >= 0.6 is 0 Å². The second kappa shape index (κ2) is 6.04. The minimum Gasteiger partial charge on any atom is -0.457 e. The van der Waals surface area contributed by atoms with Crippen LogP contribution in [0, 0.1) is 17.0 Å². The number of non-ortho nitro benzene ring substituents is 1. The SMILES string of the molecule is Cc1cccc(COC(=O)c2cc([N+](=O)[O-])ccc2N)c1. The van der Waals surface area contributed by atoms with E-state index >= 15 is 0 Å². The molecule has 0 unspecified atom stereocenters. The van der Waals surface area contributed by atoms with E-state index in [0.29, 0.717) is 0 Å². The van der Waals surface area contributed by atoms with Crippen LogP contribution in [-0.2, 0) is 11.3 Å². The Labute approximate surface area is 121 Å². The number of hydrogen-bond donors (Lipinski definition) is 1. The lowest BCUT2D eigenvalue weighted by Crippen LogP contribution is -2.09. The fourth-order valence-corrected chi connectivity index (χ4v) is 1.86. The van der Waals surface area contributed by atoms with E-state index in [0.717, 1.165) is 17.2 Å². The number of hydrogen-bond acceptors (Lipinski definition) is 5. The predicted molar refractivity (Wildman–Crippen MR) is 77.8 cm³/mol. The molecule has 0 saturated carbocycles. The minimum absolute atomic E-state index is 0.00291. The molecule has 0 fully saturated rings. The molecule has 2 aromatic rings. The van der Waals surface area contributed by atoms with Gasteiger partial charge in [-0.05, 0) is 18.6 Å². The van der Waals surface area contributed by atoms with Crippen LogP contribution in [0.25, 0.3) is 0 Å². The van der Waals surface area contributed by atoms with Gasteiger partial charge in [0.15, 0.2) is 0 Å². The third kappa shape index (κ3) is 3.56. The number of anilines is 1. The van der Waals surface area contributed by atoms with Crippen LogP contribution in [0.1, 0.15) is 21.5 Å². The predicted octanol–water partition coefficient (Wildman–Crippen LogP) is 2.84. The van der Waals surface area contributed by atoms with Crippen molar-refractivity contribution in [2.24, 2.45) is 0 Å². The summed E-state index contributed by atoms with van der Waals surface area (Å²) in [4.78, 5) is 22.1. The molecular formula is C15H14N2O4. The first-order valence-corrected chi connectivity index (χ1v) is 6.24. The minimum atomic E-state index is -0.683. The third-order valence-electron chi connectivity index (χ3n) is 2.92. The zero-order chi connectivity index (χ0) is 15.4. The molecule has 0 saturated heterocycles. The van der Waals surface area contributed by atoms with Crippen molar-refractivity contribution < 1.29 is 14.5 Å². The topological polar surface area (TPSA) is 95.5 Å². The number of ether oxygens (including phenoxy) is 1. The Hall–Kier alpha value is -2.89. The van der Waals surface area contributed by atoms with Crippen LogP contribution in [0.3, 0.4) is 0 Å². The molecule has 0 bridgehead atoms. The van der Waals surface area contributed by atoms with Gasteiger partial charge in [0.1, 0.15) is 6.61 Å². The molecule has 21 heavy (non-hydrogen) atoms. The van der Waals surface area contributed by atoms with Gasteiger partial charge in [-0.2, -0.15) is 0 Å². The molecule has 2 rings (SSSR count). The smallest absolute Gasteiger partial charge is 0.340 e. The molecule has 0 aliphatic heterocycles. The molecule has 2 N–H and O–H groups in total. The van der Waals surface area contributed by atoms with Crippen LogP contribution < -0.4 is 5.73 Å². The maximum absolute atomic E-state index is 12.0. The Bertz CT molecular complexity index is 698. The Balaban J connectivity index is 2.13. The molecule has 0 amide bonds. The molecule has 0 aliphatic carbocycles. The molecule has 6 heteroatoms. The van der Waals surface area contributed by atoms with Gasteiger partial charge in [0, 0.05) is 17.8 Å². The summed E-state index contributed by atoms with van der Waals surface area (Å²) in [6.45, 7) is 2.02. The quantitative estimate of drug-likeness (QED) is 0.403. The summed E-state index contributed by atoms with van der Waals surface area (Å²) in [7, 11) is 0. The lowest BCUT2D eigenvalue weighted by atomic mass is 10.1. The van der Waals surface area contributed by atoms with Gasteiger partial charge in [-0.1, -0.05) is 29.8 Å². The summed E-state index contributed by atoms with van der Waals surface area (Å²) < 4.78 is 5.14. The van der Waals surface area contributed by atoms with Crippen LogP contribution in [0.4, 0.5) is 11.4 Å². The molecule has 0 atom stereocenters. The Morgan fingerprint density at radius 2 is 2.05 bits per heavy atom. The van der Waals surface area contributed by atoms with Gasteiger partial charge in [-0.15, -0.1) is 0 Å². The van der Waals surface area contributed by atoms with Crippen molar-refractivity contribution >= 4 is 17.3 Å². The van der Waals surface area contributed by atoms with Gasteiger partial charge in [-0.3, -0.25) is 10.1 Å². The number of rotatable bonds is 4. The molecule has 6 nitrogen and oxygen atoms in total. The highest BCUT2D eigenvalue weighted by atomic mass is 16.6. The molecule has 108 valence electrons. The number of aryl methyl sites for hydroxylation is 1. The highest BCUT2D eigenvalue weighted by molar-refractivity contribution is 5.95. The van der Waals surface area contributed by atoms with Gasteiger partial charge >= 0.3 is 5.97 Å². The number of carbonyl (C=O) groups is 1. The summed E-state index contributed by atoms with van der Waals surface area (Å²) in [6.07, 6.45) is 0. The van der Waals surface area contributed by atoms with E-state index in [9.17, 15) is 14.9 Å². The first-order chi connectivity index (χ1) is 9.97.